The highest BCUT2D eigenvalue weighted by Gasteiger charge is 2.20. The number of hydrogen-bond donors (Lipinski definition) is 0. The van der Waals surface area contributed by atoms with Crippen molar-refractivity contribution in [2.45, 2.75) is 26.6 Å². The molecule has 0 amide bonds. The molecule has 0 aliphatic rings. The van der Waals surface area contributed by atoms with Crippen LogP contribution in [0.5, 0.6) is 0 Å². The maximum Gasteiger partial charge on any atom is 0.0776 e. The highest BCUT2D eigenvalue weighted by atomic mass is 28.3. The lowest BCUT2D eigenvalue weighted by Crippen LogP contribution is -2.37. The van der Waals surface area contributed by atoms with Gasteiger partial charge in [-0.05, 0) is 72.6 Å². The fourth-order valence-corrected chi connectivity index (χ4v) is 7.89. The first kappa shape index (κ1) is 25.8. The summed E-state index contributed by atoms with van der Waals surface area (Å²) in [6, 6.07) is 49.4. The van der Waals surface area contributed by atoms with E-state index in [0.29, 0.717) is 0 Å². The van der Waals surface area contributed by atoms with E-state index in [2.05, 4.69) is 169 Å². The third-order valence-electron chi connectivity index (χ3n) is 8.91. The van der Waals surface area contributed by atoms with Gasteiger partial charge in [0.2, 0.25) is 0 Å². The van der Waals surface area contributed by atoms with E-state index >= 15 is 0 Å². The third kappa shape index (κ3) is 4.15. The zero-order chi connectivity index (χ0) is 29.3. The van der Waals surface area contributed by atoms with Crippen LogP contribution in [-0.2, 0) is 0 Å². The maximum atomic E-state index is 2.45. The molecular formula is C40H34N2Si. The zero-order valence-corrected chi connectivity index (χ0v) is 26.1. The minimum atomic E-state index is -1.44. The lowest BCUT2D eigenvalue weighted by atomic mass is 10.0. The van der Waals surface area contributed by atoms with Gasteiger partial charge in [-0.25, -0.2) is 0 Å². The van der Waals surface area contributed by atoms with Gasteiger partial charge in [0, 0.05) is 32.9 Å². The third-order valence-corrected chi connectivity index (χ3v) is 11.0. The van der Waals surface area contributed by atoms with Crippen LogP contribution >= 0.6 is 0 Å². The molecule has 0 aliphatic heterocycles. The monoisotopic (exact) mass is 570 g/mol. The van der Waals surface area contributed by atoms with Crippen LogP contribution in [0.3, 0.4) is 0 Å². The van der Waals surface area contributed by atoms with Gasteiger partial charge >= 0.3 is 0 Å². The van der Waals surface area contributed by atoms with Gasteiger partial charge in [-0.3, -0.25) is 0 Å². The van der Waals surface area contributed by atoms with Crippen molar-refractivity contribution >= 4 is 56.9 Å². The van der Waals surface area contributed by atoms with E-state index in [4.69, 9.17) is 0 Å². The van der Waals surface area contributed by atoms with E-state index < -0.39 is 8.07 Å². The Morgan fingerprint density at radius 3 is 1.47 bits per heavy atom. The molecule has 0 saturated heterocycles. The zero-order valence-electron chi connectivity index (χ0n) is 25.1. The van der Waals surface area contributed by atoms with Gasteiger partial charge in [0.15, 0.2) is 0 Å². The van der Waals surface area contributed by atoms with Crippen molar-refractivity contribution in [2.24, 2.45) is 0 Å². The number of rotatable bonds is 4. The molecule has 0 N–H and O–H groups in total. The Balaban J connectivity index is 1.30. The molecule has 43 heavy (non-hydrogen) atoms. The van der Waals surface area contributed by atoms with E-state index in [9.17, 15) is 0 Å². The van der Waals surface area contributed by atoms with Crippen LogP contribution in [-0.4, -0.2) is 17.2 Å². The van der Waals surface area contributed by atoms with E-state index in [-0.39, 0.29) is 0 Å². The normalized spacial score (nSPS) is 12.2. The average Bonchev–Trinajstić information content (AvgIpc) is 3.53. The summed E-state index contributed by atoms with van der Waals surface area (Å²) in [5, 5.41) is 6.73. The summed E-state index contributed by atoms with van der Waals surface area (Å²) in [4.78, 5) is 0. The summed E-state index contributed by atoms with van der Waals surface area (Å²) >= 11 is 0. The quantitative estimate of drug-likeness (QED) is 0.186. The molecule has 3 heteroatoms. The molecule has 0 unspecified atom stereocenters. The molecule has 8 aromatic rings. The van der Waals surface area contributed by atoms with E-state index in [1.807, 2.05) is 0 Å². The first-order chi connectivity index (χ1) is 20.9. The largest absolute Gasteiger partial charge is 0.309 e. The van der Waals surface area contributed by atoms with Gasteiger partial charge < -0.3 is 9.13 Å². The number of aromatic nitrogens is 2. The summed E-state index contributed by atoms with van der Waals surface area (Å²) in [5.74, 6) is 0. The molecular weight excluding hydrogens is 537 g/mol. The molecule has 0 atom stereocenters. The minimum Gasteiger partial charge on any atom is -0.309 e. The van der Waals surface area contributed by atoms with Crippen molar-refractivity contribution < 1.29 is 0 Å². The summed E-state index contributed by atoms with van der Waals surface area (Å²) in [6.45, 7) is 9.43. The first-order valence-corrected chi connectivity index (χ1v) is 18.6. The predicted octanol–water partition coefficient (Wildman–Crippen LogP) is 10.4. The Kier molecular flexibility index (Phi) is 5.75. The molecule has 0 bridgehead atoms. The van der Waals surface area contributed by atoms with Gasteiger partial charge in [0.05, 0.1) is 30.1 Å². The van der Waals surface area contributed by atoms with Crippen molar-refractivity contribution in [2.75, 3.05) is 0 Å². The molecule has 2 aromatic heterocycles. The van der Waals surface area contributed by atoms with E-state index in [0.717, 1.165) is 0 Å². The SMILES string of the molecule is Cc1ccc2c(c1)c1ccccc1n2-c1cccc(-c2cccc(-n3c4ccccc4c4cc([Si](C)(C)C)ccc43)c2)c1. The molecule has 6 aromatic carbocycles. The molecule has 208 valence electrons. The van der Waals surface area contributed by atoms with Crippen molar-refractivity contribution in [1.29, 1.82) is 0 Å². The Labute approximate surface area is 253 Å². The van der Waals surface area contributed by atoms with Gasteiger partial charge in [0.25, 0.3) is 0 Å². The topological polar surface area (TPSA) is 9.86 Å². The fraction of sp³-hybridized carbons (Fsp3) is 0.100. The second-order valence-corrected chi connectivity index (χ2v) is 17.9. The Morgan fingerprint density at radius 1 is 0.419 bits per heavy atom. The highest BCUT2D eigenvalue weighted by Crippen LogP contribution is 2.36. The summed E-state index contributed by atoms with van der Waals surface area (Å²) < 4.78 is 4.84. The Hall–Kier alpha value is -4.86. The number of benzene rings is 6. The first-order valence-electron chi connectivity index (χ1n) is 15.1. The number of nitrogens with zero attached hydrogens (tertiary/aromatic N) is 2. The van der Waals surface area contributed by atoms with Crippen molar-refractivity contribution in [3.05, 3.63) is 139 Å². The van der Waals surface area contributed by atoms with Crippen molar-refractivity contribution in [3.8, 4) is 22.5 Å². The van der Waals surface area contributed by atoms with Crippen LogP contribution in [0.1, 0.15) is 5.56 Å². The predicted molar refractivity (Wildman–Crippen MR) is 188 cm³/mol. The van der Waals surface area contributed by atoms with Crippen LogP contribution in [0, 0.1) is 6.92 Å². The molecule has 2 nitrogen and oxygen atoms in total. The molecule has 2 heterocycles. The van der Waals surface area contributed by atoms with E-state index in [1.54, 1.807) is 0 Å². The molecule has 0 fully saturated rings. The standard InChI is InChI=1S/C40H34N2Si/c1-27-19-21-39-35(23-27)33-15-5-7-17-37(33)41(39)30-13-9-11-28(24-30)29-12-10-14-31(25-29)42-38-18-8-6-16-34(38)36-26-32(43(2,3)4)20-22-40(36)42/h5-26H,1-4H3. The summed E-state index contributed by atoms with van der Waals surface area (Å²) in [6.07, 6.45) is 0. The number of para-hydroxylation sites is 2. The fourth-order valence-electron chi connectivity index (χ4n) is 6.73. The highest BCUT2D eigenvalue weighted by molar-refractivity contribution is 6.88. The Bertz CT molecular complexity index is 2350. The van der Waals surface area contributed by atoms with Crippen LogP contribution in [0.25, 0.3) is 66.1 Å². The maximum absolute atomic E-state index is 2.45. The van der Waals surface area contributed by atoms with Gasteiger partial charge in [-0.1, -0.05) is 109 Å². The second-order valence-electron chi connectivity index (χ2n) is 12.8. The van der Waals surface area contributed by atoms with Crippen LogP contribution in [0.4, 0.5) is 0 Å². The minimum absolute atomic E-state index is 1.17. The number of aryl methyl sites for hydroxylation is 1. The number of fused-ring (bicyclic) bond motifs is 6. The lowest BCUT2D eigenvalue weighted by molar-refractivity contribution is 1.17. The molecule has 0 saturated carbocycles. The molecule has 0 spiro atoms. The Morgan fingerprint density at radius 2 is 0.907 bits per heavy atom. The molecule has 0 aliphatic carbocycles. The number of hydrogen-bond acceptors (Lipinski definition) is 0. The molecule has 0 radical (unpaired) electrons. The lowest BCUT2D eigenvalue weighted by Gasteiger charge is -2.17. The van der Waals surface area contributed by atoms with Gasteiger partial charge in [0.1, 0.15) is 0 Å². The molecule has 8 rings (SSSR count). The van der Waals surface area contributed by atoms with Crippen LogP contribution in [0.2, 0.25) is 19.6 Å². The van der Waals surface area contributed by atoms with Crippen molar-refractivity contribution in [3.63, 3.8) is 0 Å². The smallest absolute Gasteiger partial charge is 0.0776 e. The average molecular weight is 571 g/mol. The second kappa shape index (κ2) is 9.58. The van der Waals surface area contributed by atoms with Crippen LogP contribution in [0.15, 0.2) is 133 Å². The van der Waals surface area contributed by atoms with E-state index in [1.165, 1.54) is 76.9 Å². The van der Waals surface area contributed by atoms with Crippen LogP contribution < -0.4 is 5.19 Å². The van der Waals surface area contributed by atoms with Gasteiger partial charge in [-0.15, -0.1) is 0 Å². The summed E-state index contributed by atoms with van der Waals surface area (Å²) in [5.41, 5.74) is 11.0. The van der Waals surface area contributed by atoms with Gasteiger partial charge in [-0.2, -0.15) is 0 Å². The summed E-state index contributed by atoms with van der Waals surface area (Å²) in [7, 11) is -1.44. The van der Waals surface area contributed by atoms with Crippen molar-refractivity contribution in [1.82, 2.24) is 9.13 Å².